The number of hydrogen-bond donors (Lipinski definition) is 0. The molecule has 0 aliphatic rings. The SMILES string of the molecule is COc1cccc(OC)c1C(=O)/C=C/c1cccc(Cl)c1. The van der Waals surface area contributed by atoms with Crippen molar-refractivity contribution in [2.24, 2.45) is 0 Å². The zero-order valence-corrected chi connectivity index (χ0v) is 12.6. The molecule has 0 radical (unpaired) electrons. The number of hydrogen-bond acceptors (Lipinski definition) is 3. The summed E-state index contributed by atoms with van der Waals surface area (Å²) in [7, 11) is 3.04. The van der Waals surface area contributed by atoms with Gasteiger partial charge < -0.3 is 9.47 Å². The second-order valence-electron chi connectivity index (χ2n) is 4.29. The molecule has 3 nitrogen and oxygen atoms in total. The van der Waals surface area contributed by atoms with E-state index in [0.29, 0.717) is 22.1 Å². The molecule has 0 unspecified atom stereocenters. The van der Waals surface area contributed by atoms with Crippen LogP contribution in [0.15, 0.2) is 48.5 Å². The normalized spacial score (nSPS) is 10.6. The number of rotatable bonds is 5. The number of carbonyl (C=O) groups excluding carboxylic acids is 1. The van der Waals surface area contributed by atoms with Gasteiger partial charge in [0, 0.05) is 5.02 Å². The van der Waals surface area contributed by atoms with E-state index in [4.69, 9.17) is 21.1 Å². The van der Waals surface area contributed by atoms with Gasteiger partial charge in [0.1, 0.15) is 17.1 Å². The molecule has 0 bridgehead atoms. The highest BCUT2D eigenvalue weighted by atomic mass is 35.5. The Labute approximate surface area is 128 Å². The number of ketones is 1. The van der Waals surface area contributed by atoms with E-state index in [9.17, 15) is 4.79 Å². The van der Waals surface area contributed by atoms with E-state index >= 15 is 0 Å². The molecule has 2 aromatic carbocycles. The summed E-state index contributed by atoms with van der Waals surface area (Å²) in [5.41, 5.74) is 1.26. The van der Waals surface area contributed by atoms with Crippen LogP contribution in [0.2, 0.25) is 5.02 Å². The van der Waals surface area contributed by atoms with Gasteiger partial charge in [-0.15, -0.1) is 0 Å². The van der Waals surface area contributed by atoms with Crippen LogP contribution in [-0.4, -0.2) is 20.0 Å². The number of carbonyl (C=O) groups is 1. The molecule has 108 valence electrons. The van der Waals surface area contributed by atoms with Crippen LogP contribution in [0.1, 0.15) is 15.9 Å². The van der Waals surface area contributed by atoms with Gasteiger partial charge in [0.25, 0.3) is 0 Å². The average molecular weight is 303 g/mol. The Morgan fingerprint density at radius 3 is 2.24 bits per heavy atom. The van der Waals surface area contributed by atoms with E-state index in [1.165, 1.54) is 20.3 Å². The van der Waals surface area contributed by atoms with Crippen molar-refractivity contribution < 1.29 is 14.3 Å². The van der Waals surface area contributed by atoms with Crippen LogP contribution in [0.4, 0.5) is 0 Å². The molecule has 21 heavy (non-hydrogen) atoms. The molecule has 0 spiro atoms. The lowest BCUT2D eigenvalue weighted by Crippen LogP contribution is -2.02. The number of methoxy groups -OCH3 is 2. The van der Waals surface area contributed by atoms with E-state index in [2.05, 4.69) is 0 Å². The minimum Gasteiger partial charge on any atom is -0.496 e. The topological polar surface area (TPSA) is 35.5 Å². The van der Waals surface area contributed by atoms with Gasteiger partial charge in [-0.05, 0) is 35.9 Å². The quantitative estimate of drug-likeness (QED) is 0.612. The molecule has 2 rings (SSSR count). The van der Waals surface area contributed by atoms with Gasteiger partial charge in [0.2, 0.25) is 0 Å². The Hall–Kier alpha value is -2.26. The lowest BCUT2D eigenvalue weighted by Gasteiger charge is -2.10. The fraction of sp³-hybridized carbons (Fsp3) is 0.118. The second kappa shape index (κ2) is 6.95. The first-order valence-electron chi connectivity index (χ1n) is 6.34. The monoisotopic (exact) mass is 302 g/mol. The third kappa shape index (κ3) is 3.64. The van der Waals surface area contributed by atoms with E-state index < -0.39 is 0 Å². The number of halogens is 1. The van der Waals surface area contributed by atoms with Gasteiger partial charge in [-0.3, -0.25) is 4.79 Å². The number of benzene rings is 2. The summed E-state index contributed by atoms with van der Waals surface area (Å²) in [6.07, 6.45) is 3.19. The Kier molecular flexibility index (Phi) is 5.01. The summed E-state index contributed by atoms with van der Waals surface area (Å²) in [4.78, 5) is 12.4. The van der Waals surface area contributed by atoms with Crippen LogP contribution in [0.25, 0.3) is 6.08 Å². The van der Waals surface area contributed by atoms with Crippen molar-refractivity contribution in [2.75, 3.05) is 14.2 Å². The Morgan fingerprint density at radius 1 is 1.05 bits per heavy atom. The largest absolute Gasteiger partial charge is 0.496 e. The van der Waals surface area contributed by atoms with Crippen molar-refractivity contribution in [3.05, 3.63) is 64.7 Å². The molecule has 0 atom stereocenters. The van der Waals surface area contributed by atoms with Gasteiger partial charge in [-0.2, -0.15) is 0 Å². The molecule has 0 saturated carbocycles. The molecular weight excluding hydrogens is 288 g/mol. The van der Waals surface area contributed by atoms with Crippen LogP contribution in [0.3, 0.4) is 0 Å². The van der Waals surface area contributed by atoms with E-state index in [-0.39, 0.29) is 5.78 Å². The molecule has 2 aromatic rings. The third-order valence-electron chi connectivity index (χ3n) is 2.95. The molecule has 0 fully saturated rings. The Balaban J connectivity index is 2.32. The van der Waals surface area contributed by atoms with Crippen molar-refractivity contribution >= 4 is 23.5 Å². The zero-order chi connectivity index (χ0) is 15.2. The average Bonchev–Trinajstić information content (AvgIpc) is 2.51. The molecule has 4 heteroatoms. The first-order valence-corrected chi connectivity index (χ1v) is 6.72. The fourth-order valence-corrected chi connectivity index (χ4v) is 2.16. The van der Waals surface area contributed by atoms with Crippen molar-refractivity contribution in [3.8, 4) is 11.5 Å². The van der Waals surface area contributed by atoms with Crippen molar-refractivity contribution in [1.82, 2.24) is 0 Å². The summed E-state index contributed by atoms with van der Waals surface area (Å²) in [6.45, 7) is 0. The Bertz CT molecular complexity index is 655. The maximum absolute atomic E-state index is 12.4. The molecule has 0 aromatic heterocycles. The van der Waals surface area contributed by atoms with Crippen molar-refractivity contribution in [1.29, 1.82) is 0 Å². The van der Waals surface area contributed by atoms with E-state index in [1.807, 2.05) is 12.1 Å². The van der Waals surface area contributed by atoms with Crippen LogP contribution in [0, 0.1) is 0 Å². The second-order valence-corrected chi connectivity index (χ2v) is 4.73. The summed E-state index contributed by atoms with van der Waals surface area (Å²) < 4.78 is 10.4. The smallest absolute Gasteiger partial charge is 0.193 e. The fourth-order valence-electron chi connectivity index (χ4n) is 1.96. The molecule has 0 saturated heterocycles. The summed E-state index contributed by atoms with van der Waals surface area (Å²) in [6, 6.07) is 12.5. The first-order chi connectivity index (χ1) is 10.2. The van der Waals surface area contributed by atoms with Crippen molar-refractivity contribution in [2.45, 2.75) is 0 Å². The molecule has 0 aliphatic carbocycles. The summed E-state index contributed by atoms with van der Waals surface area (Å²) in [5.74, 6) is 0.773. The van der Waals surface area contributed by atoms with Gasteiger partial charge in [-0.1, -0.05) is 35.9 Å². The minimum atomic E-state index is -0.190. The van der Waals surface area contributed by atoms with Gasteiger partial charge >= 0.3 is 0 Å². The van der Waals surface area contributed by atoms with Gasteiger partial charge in [0.05, 0.1) is 14.2 Å². The zero-order valence-electron chi connectivity index (χ0n) is 11.8. The van der Waals surface area contributed by atoms with Crippen LogP contribution in [0.5, 0.6) is 11.5 Å². The standard InChI is InChI=1S/C17H15ClO3/c1-20-15-7-4-8-16(21-2)17(15)14(19)10-9-12-5-3-6-13(18)11-12/h3-11H,1-2H3/b10-9+. The van der Waals surface area contributed by atoms with E-state index in [1.54, 1.807) is 36.4 Å². The van der Waals surface area contributed by atoms with Crippen LogP contribution < -0.4 is 9.47 Å². The predicted molar refractivity (Wildman–Crippen MR) is 84.4 cm³/mol. The maximum Gasteiger partial charge on any atom is 0.193 e. The lowest BCUT2D eigenvalue weighted by atomic mass is 10.1. The third-order valence-corrected chi connectivity index (χ3v) is 3.19. The maximum atomic E-state index is 12.4. The van der Waals surface area contributed by atoms with Crippen molar-refractivity contribution in [3.63, 3.8) is 0 Å². The molecule has 0 heterocycles. The first kappa shape index (κ1) is 15.1. The molecular formula is C17H15ClO3. The minimum absolute atomic E-state index is 0.190. The highest BCUT2D eigenvalue weighted by Crippen LogP contribution is 2.29. The number of ether oxygens (including phenoxy) is 2. The highest BCUT2D eigenvalue weighted by Gasteiger charge is 2.15. The van der Waals surface area contributed by atoms with Crippen LogP contribution >= 0.6 is 11.6 Å². The molecule has 0 aliphatic heterocycles. The van der Waals surface area contributed by atoms with Gasteiger partial charge in [-0.25, -0.2) is 0 Å². The van der Waals surface area contributed by atoms with E-state index in [0.717, 1.165) is 5.56 Å². The predicted octanol–water partition coefficient (Wildman–Crippen LogP) is 4.25. The highest BCUT2D eigenvalue weighted by molar-refractivity contribution is 6.30. The molecule has 0 N–H and O–H groups in total. The summed E-state index contributed by atoms with van der Waals surface area (Å²) >= 11 is 5.91. The molecule has 0 amide bonds. The number of allylic oxidation sites excluding steroid dienone is 1. The Morgan fingerprint density at radius 2 is 1.67 bits per heavy atom. The lowest BCUT2D eigenvalue weighted by molar-refractivity contribution is 0.104. The van der Waals surface area contributed by atoms with Crippen LogP contribution in [-0.2, 0) is 0 Å². The van der Waals surface area contributed by atoms with Gasteiger partial charge in [0.15, 0.2) is 5.78 Å². The summed E-state index contributed by atoms with van der Waals surface area (Å²) in [5, 5.41) is 0.625.